The van der Waals surface area contributed by atoms with E-state index in [-0.39, 0.29) is 11.9 Å². The van der Waals surface area contributed by atoms with E-state index in [4.69, 9.17) is 4.42 Å². The summed E-state index contributed by atoms with van der Waals surface area (Å²) in [6, 6.07) is 13.2. The van der Waals surface area contributed by atoms with Crippen LogP contribution in [-0.4, -0.2) is 29.0 Å². The number of aromatic amines is 1. The fraction of sp³-hybridized carbons (Fsp3) is 0.381. The lowest BCUT2D eigenvalue weighted by atomic mass is 10.0. The number of piperidine rings is 1. The molecule has 0 bridgehead atoms. The quantitative estimate of drug-likeness (QED) is 0.722. The summed E-state index contributed by atoms with van der Waals surface area (Å²) in [4.78, 5) is 16.4. The Bertz CT molecular complexity index is 955. The Hall–Kier alpha value is -2.44. The molecule has 5 nitrogen and oxygen atoms in total. The Morgan fingerprint density at radius 1 is 1.22 bits per heavy atom. The summed E-state index contributed by atoms with van der Waals surface area (Å²) in [5.74, 6) is -0.607. The Morgan fingerprint density at radius 2 is 1.96 bits per heavy atom. The second kappa shape index (κ2) is 7.66. The molecule has 1 fully saturated rings. The first-order valence-corrected chi connectivity index (χ1v) is 9.42. The van der Waals surface area contributed by atoms with Crippen LogP contribution in [0, 0.1) is 5.82 Å². The lowest BCUT2D eigenvalue weighted by molar-refractivity contribution is 0.185. The number of H-pyrrole nitrogens is 1. The fourth-order valence-electron chi connectivity index (χ4n) is 3.79. The minimum absolute atomic E-state index is 0.184. The number of nitrogens with zero attached hydrogens (tertiary/aromatic N) is 1. The molecule has 2 heterocycles. The van der Waals surface area contributed by atoms with Gasteiger partial charge in [0.15, 0.2) is 5.58 Å². The van der Waals surface area contributed by atoms with Gasteiger partial charge >= 0.3 is 5.76 Å². The van der Waals surface area contributed by atoms with Gasteiger partial charge in [0.05, 0.1) is 5.52 Å². The van der Waals surface area contributed by atoms with E-state index in [1.165, 1.54) is 12.1 Å². The average Bonchev–Trinajstić information content (AvgIpc) is 3.04. The lowest BCUT2D eigenvalue weighted by Gasteiger charge is -2.34. The Balaban J connectivity index is 1.31. The van der Waals surface area contributed by atoms with Crippen molar-refractivity contribution in [2.75, 3.05) is 13.1 Å². The number of nitrogens with one attached hydrogen (secondary N) is 2. The second-order valence-corrected chi connectivity index (χ2v) is 7.34. The average molecular weight is 369 g/mol. The van der Waals surface area contributed by atoms with E-state index < -0.39 is 5.76 Å². The molecule has 1 unspecified atom stereocenters. The highest BCUT2D eigenvalue weighted by atomic mass is 19.1. The van der Waals surface area contributed by atoms with Crippen LogP contribution in [0.15, 0.2) is 51.7 Å². The first-order valence-electron chi connectivity index (χ1n) is 9.42. The highest BCUT2D eigenvalue weighted by Gasteiger charge is 2.21. The molecule has 1 saturated heterocycles. The van der Waals surface area contributed by atoms with Crippen molar-refractivity contribution in [3.8, 4) is 0 Å². The van der Waals surface area contributed by atoms with Crippen LogP contribution in [0.2, 0.25) is 0 Å². The third kappa shape index (κ3) is 4.28. The molecule has 1 aliphatic heterocycles. The van der Waals surface area contributed by atoms with E-state index in [9.17, 15) is 9.18 Å². The van der Waals surface area contributed by atoms with Crippen molar-refractivity contribution >= 4 is 11.1 Å². The Morgan fingerprint density at radius 3 is 2.70 bits per heavy atom. The van der Waals surface area contributed by atoms with E-state index in [1.54, 1.807) is 0 Å². The molecule has 0 radical (unpaired) electrons. The zero-order valence-electron chi connectivity index (χ0n) is 15.4. The molecule has 6 heteroatoms. The summed E-state index contributed by atoms with van der Waals surface area (Å²) in [5, 5.41) is 3.69. The molecule has 0 aliphatic carbocycles. The summed E-state index contributed by atoms with van der Waals surface area (Å²) < 4.78 is 18.2. The van der Waals surface area contributed by atoms with E-state index in [2.05, 4.69) is 22.1 Å². The van der Waals surface area contributed by atoms with Gasteiger partial charge < -0.3 is 9.73 Å². The maximum Gasteiger partial charge on any atom is 0.417 e. The standard InChI is InChI=1S/C21H24FN3O2/c1-14(16-4-7-19-20(12-16)27-21(26)24-19)23-18-8-10-25(11-9-18)13-15-2-5-17(22)6-3-15/h2-7,12,14,18,23H,8-11,13H2,1H3,(H,24,26). The van der Waals surface area contributed by atoms with Crippen LogP contribution in [0.3, 0.4) is 0 Å². The summed E-state index contributed by atoms with van der Waals surface area (Å²) >= 11 is 0. The molecule has 4 rings (SSSR count). The maximum absolute atomic E-state index is 13.0. The van der Waals surface area contributed by atoms with Crippen molar-refractivity contribution in [3.63, 3.8) is 0 Å². The van der Waals surface area contributed by atoms with Gasteiger partial charge in [0.25, 0.3) is 0 Å². The largest absolute Gasteiger partial charge is 0.417 e. The molecule has 0 amide bonds. The van der Waals surface area contributed by atoms with E-state index in [0.29, 0.717) is 11.6 Å². The number of hydrogen-bond acceptors (Lipinski definition) is 4. The zero-order valence-corrected chi connectivity index (χ0v) is 15.4. The molecule has 1 atom stereocenters. The first kappa shape index (κ1) is 17.9. The van der Waals surface area contributed by atoms with Crippen molar-refractivity contribution in [3.05, 3.63) is 70.0 Å². The van der Waals surface area contributed by atoms with Crippen LogP contribution in [0.1, 0.15) is 36.9 Å². The summed E-state index contributed by atoms with van der Waals surface area (Å²) in [7, 11) is 0. The number of likely N-dealkylation sites (tertiary alicyclic amines) is 1. The number of fused-ring (bicyclic) bond motifs is 1. The molecule has 142 valence electrons. The first-order chi connectivity index (χ1) is 13.1. The predicted octanol–water partition coefficient (Wildman–Crippen LogP) is 3.58. The van der Waals surface area contributed by atoms with Gasteiger partial charge in [-0.05, 0) is 68.2 Å². The molecule has 2 N–H and O–H groups in total. The highest BCUT2D eigenvalue weighted by Crippen LogP contribution is 2.21. The highest BCUT2D eigenvalue weighted by molar-refractivity contribution is 5.72. The van der Waals surface area contributed by atoms with Crippen molar-refractivity contribution in [1.29, 1.82) is 0 Å². The van der Waals surface area contributed by atoms with Crippen LogP contribution in [-0.2, 0) is 6.54 Å². The molecule has 1 aromatic heterocycles. The van der Waals surface area contributed by atoms with Crippen molar-refractivity contribution < 1.29 is 8.81 Å². The van der Waals surface area contributed by atoms with Gasteiger partial charge in [0.1, 0.15) is 5.82 Å². The SMILES string of the molecule is CC(NC1CCN(Cc2ccc(F)cc2)CC1)c1ccc2[nH]c(=O)oc2c1. The smallest absolute Gasteiger partial charge is 0.408 e. The van der Waals surface area contributed by atoms with E-state index in [1.807, 2.05) is 30.3 Å². The number of hydrogen-bond donors (Lipinski definition) is 2. The predicted molar refractivity (Wildman–Crippen MR) is 103 cm³/mol. The fourth-order valence-corrected chi connectivity index (χ4v) is 3.79. The number of aromatic nitrogens is 1. The van der Waals surface area contributed by atoms with Gasteiger partial charge in [-0.1, -0.05) is 18.2 Å². The molecule has 2 aromatic carbocycles. The van der Waals surface area contributed by atoms with Crippen LogP contribution < -0.4 is 11.1 Å². The topological polar surface area (TPSA) is 61.3 Å². The Labute approximate surface area is 157 Å². The minimum Gasteiger partial charge on any atom is -0.408 e. The maximum atomic E-state index is 13.0. The van der Waals surface area contributed by atoms with Crippen LogP contribution >= 0.6 is 0 Å². The summed E-state index contributed by atoms with van der Waals surface area (Å²) in [6.07, 6.45) is 2.15. The molecule has 0 saturated carbocycles. The second-order valence-electron chi connectivity index (χ2n) is 7.34. The van der Waals surface area contributed by atoms with Crippen LogP contribution in [0.4, 0.5) is 4.39 Å². The van der Waals surface area contributed by atoms with Crippen molar-refractivity contribution in [2.45, 2.75) is 38.4 Å². The van der Waals surface area contributed by atoms with Crippen LogP contribution in [0.25, 0.3) is 11.1 Å². The lowest BCUT2D eigenvalue weighted by Crippen LogP contribution is -2.42. The minimum atomic E-state index is -0.420. The van der Waals surface area contributed by atoms with E-state index >= 15 is 0 Å². The molecular weight excluding hydrogens is 345 g/mol. The number of benzene rings is 2. The molecular formula is C21H24FN3O2. The molecule has 0 spiro atoms. The molecule has 1 aliphatic rings. The van der Waals surface area contributed by atoms with Crippen molar-refractivity contribution in [2.24, 2.45) is 0 Å². The number of rotatable bonds is 5. The van der Waals surface area contributed by atoms with Gasteiger partial charge in [-0.25, -0.2) is 9.18 Å². The van der Waals surface area contributed by atoms with Crippen molar-refractivity contribution in [1.82, 2.24) is 15.2 Å². The van der Waals surface area contributed by atoms with Crippen LogP contribution in [0.5, 0.6) is 0 Å². The van der Waals surface area contributed by atoms with E-state index in [0.717, 1.165) is 49.1 Å². The van der Waals surface area contributed by atoms with Gasteiger partial charge in [0, 0.05) is 18.6 Å². The monoisotopic (exact) mass is 369 g/mol. The van der Waals surface area contributed by atoms with Gasteiger partial charge in [-0.3, -0.25) is 9.88 Å². The normalized spacial score (nSPS) is 17.4. The van der Waals surface area contributed by atoms with Gasteiger partial charge in [-0.15, -0.1) is 0 Å². The summed E-state index contributed by atoms with van der Waals surface area (Å²) in [6.45, 7) is 5.05. The van der Waals surface area contributed by atoms with Gasteiger partial charge in [-0.2, -0.15) is 0 Å². The molecule has 27 heavy (non-hydrogen) atoms. The number of oxazole rings is 1. The molecule has 3 aromatic rings. The Kier molecular flexibility index (Phi) is 5.09. The zero-order chi connectivity index (χ0) is 18.8. The third-order valence-corrected chi connectivity index (χ3v) is 5.34. The third-order valence-electron chi connectivity index (χ3n) is 5.34. The summed E-state index contributed by atoms with van der Waals surface area (Å²) in [5.41, 5.74) is 3.58. The number of halogens is 1. The van der Waals surface area contributed by atoms with Gasteiger partial charge in [0.2, 0.25) is 0 Å².